The van der Waals surface area contributed by atoms with Crippen LogP contribution < -0.4 is 14.8 Å². The smallest absolute Gasteiger partial charge is 0.323 e. The van der Waals surface area contributed by atoms with E-state index in [9.17, 15) is 35.5 Å². The number of carboxylic acid groups (broad SMARTS) is 1. The summed E-state index contributed by atoms with van der Waals surface area (Å²) >= 11 is 0. The van der Waals surface area contributed by atoms with Crippen LogP contribution in [0.15, 0.2) is 77.2 Å². The summed E-state index contributed by atoms with van der Waals surface area (Å²) in [5, 5.41) is 62.5. The first-order valence-electron chi connectivity index (χ1n) is 18.5. The molecule has 0 aliphatic carbocycles. The molecule has 5 aromatic rings. The molecule has 57 heavy (non-hydrogen) atoms. The van der Waals surface area contributed by atoms with Gasteiger partial charge in [-0.05, 0) is 85.2 Å². The third kappa shape index (κ3) is 9.80. The van der Waals surface area contributed by atoms with Gasteiger partial charge in [-0.3, -0.25) is 25.1 Å². The van der Waals surface area contributed by atoms with Crippen LogP contribution >= 0.6 is 0 Å². The second-order valence-corrected chi connectivity index (χ2v) is 14.1. The number of aliphatic carboxylic acids is 1. The fraction of sp³-hybridized carbons (Fsp3) is 0.333. The lowest BCUT2D eigenvalue weighted by Gasteiger charge is -2.27. The predicted molar refractivity (Wildman–Crippen MR) is 208 cm³/mol. The van der Waals surface area contributed by atoms with Crippen LogP contribution in [0.5, 0.6) is 11.5 Å². The predicted octanol–water partition coefficient (Wildman–Crippen LogP) is 5.84. The average molecular weight is 777 g/mol. The number of nitriles is 1. The molecule has 0 bridgehead atoms. The van der Waals surface area contributed by atoms with E-state index >= 15 is 0 Å². The van der Waals surface area contributed by atoms with Gasteiger partial charge in [0, 0.05) is 42.9 Å². The summed E-state index contributed by atoms with van der Waals surface area (Å²) in [7, 11) is 0. The van der Waals surface area contributed by atoms with E-state index in [4.69, 9.17) is 13.9 Å². The molecule has 1 saturated heterocycles. The molecule has 15 nitrogen and oxygen atoms in total. The Morgan fingerprint density at radius 1 is 0.982 bits per heavy atom. The van der Waals surface area contributed by atoms with Crippen molar-refractivity contribution in [1.82, 2.24) is 20.4 Å². The Balaban J connectivity index is 1.25. The lowest BCUT2D eigenvalue weighted by molar-refractivity contribution is -0.386. The van der Waals surface area contributed by atoms with E-state index in [1.54, 1.807) is 24.3 Å². The number of benzene rings is 4. The molecule has 4 aromatic carbocycles. The lowest BCUT2D eigenvalue weighted by Crippen LogP contribution is -2.44. The maximum Gasteiger partial charge on any atom is 0.323 e. The molecule has 0 amide bonds. The van der Waals surface area contributed by atoms with E-state index in [2.05, 4.69) is 26.5 Å². The standard InChI is InChI=1S/C42H44N6O9/c1-25-30(9-5-10-33(25)34-11-6-12-35(26(34)2)41-46-45-39(57-41)22-47-15-13-32(50)14-16-47)24-56-38-19-37(55-23-29-8-4-7-28(17-29)20-43)31(18-36(38)48(53)54)21-44-40(27(3)49)42(51)52/h4-12,17-19,27,32,40,44,49-50H,13-16,21-24H2,1-3H3,(H,51,52)/t27?,40-/m0/s1. The number of likely N-dealkylation sites (tertiary alicyclic amines) is 1. The third-order valence-corrected chi connectivity index (χ3v) is 10.1. The van der Waals surface area contributed by atoms with Gasteiger partial charge in [0.05, 0.1) is 35.3 Å². The average Bonchev–Trinajstić information content (AvgIpc) is 3.66. The van der Waals surface area contributed by atoms with E-state index in [0.717, 1.165) is 46.5 Å². The third-order valence-electron chi connectivity index (χ3n) is 10.1. The second kappa shape index (κ2) is 18.2. The largest absolute Gasteiger partial charge is 0.488 e. The fourth-order valence-electron chi connectivity index (χ4n) is 6.84. The maximum atomic E-state index is 12.4. The Bertz CT molecular complexity index is 2280. The monoisotopic (exact) mass is 776 g/mol. The summed E-state index contributed by atoms with van der Waals surface area (Å²) in [6, 6.07) is 21.8. The van der Waals surface area contributed by atoms with Crippen molar-refractivity contribution in [1.29, 1.82) is 5.26 Å². The minimum atomic E-state index is -1.34. The fourth-order valence-corrected chi connectivity index (χ4v) is 6.84. The summed E-state index contributed by atoms with van der Waals surface area (Å²) in [4.78, 5) is 25.7. The quantitative estimate of drug-likeness (QED) is 0.0684. The highest BCUT2D eigenvalue weighted by Crippen LogP contribution is 2.38. The highest BCUT2D eigenvalue weighted by molar-refractivity contribution is 5.77. The Labute approximate surface area is 329 Å². The van der Waals surface area contributed by atoms with Gasteiger partial charge in [0.15, 0.2) is 0 Å². The zero-order chi connectivity index (χ0) is 40.6. The molecule has 0 spiro atoms. The van der Waals surface area contributed by atoms with Crippen LogP contribution in [0.1, 0.15) is 59.0 Å². The van der Waals surface area contributed by atoms with Gasteiger partial charge in [0.2, 0.25) is 17.5 Å². The van der Waals surface area contributed by atoms with Crippen LogP contribution in [0, 0.1) is 35.3 Å². The zero-order valence-corrected chi connectivity index (χ0v) is 31.8. The van der Waals surface area contributed by atoms with Crippen molar-refractivity contribution < 1.29 is 38.9 Å². The maximum absolute atomic E-state index is 12.4. The van der Waals surface area contributed by atoms with Gasteiger partial charge in [-0.2, -0.15) is 5.26 Å². The SMILES string of the molecule is Cc1c(COc2cc(OCc3cccc(C#N)c3)c(CN[C@H](C(=O)O)C(C)O)cc2[N+](=O)[O-])cccc1-c1cccc(-c2nnc(CN3CCC(O)CC3)o2)c1C. The number of nitrogens with zero attached hydrogens (tertiary/aromatic N) is 5. The van der Waals surface area contributed by atoms with Gasteiger partial charge >= 0.3 is 11.7 Å². The summed E-state index contributed by atoms with van der Waals surface area (Å²) in [5.41, 5.74) is 6.27. The molecule has 2 atom stereocenters. The van der Waals surface area contributed by atoms with Crippen LogP contribution in [-0.2, 0) is 31.1 Å². The first kappa shape index (κ1) is 40.5. The second-order valence-electron chi connectivity index (χ2n) is 14.1. The minimum Gasteiger partial charge on any atom is -0.488 e. The number of nitrogens with one attached hydrogen (secondary N) is 1. The molecule has 15 heteroatoms. The van der Waals surface area contributed by atoms with Crippen molar-refractivity contribution in [2.45, 2.75) is 78.2 Å². The van der Waals surface area contributed by atoms with Gasteiger partial charge < -0.3 is 29.2 Å². The number of ether oxygens (including phenoxy) is 2. The van der Waals surface area contributed by atoms with Crippen molar-refractivity contribution in [3.8, 4) is 40.1 Å². The number of aliphatic hydroxyl groups excluding tert-OH is 2. The van der Waals surface area contributed by atoms with E-state index < -0.39 is 23.0 Å². The highest BCUT2D eigenvalue weighted by Gasteiger charge is 2.26. The number of carbonyl (C=O) groups is 1. The molecular formula is C42H44N6O9. The number of aromatic nitrogens is 2. The molecule has 0 saturated carbocycles. The van der Waals surface area contributed by atoms with Crippen LogP contribution in [0.25, 0.3) is 22.6 Å². The Kier molecular flexibility index (Phi) is 12.9. The van der Waals surface area contributed by atoms with Crippen molar-refractivity contribution in [2.24, 2.45) is 0 Å². The topological polar surface area (TPSA) is 217 Å². The minimum absolute atomic E-state index is 0.00640. The Hall–Kier alpha value is -6.18. The normalized spacial score (nSPS) is 14.5. The molecule has 1 fully saturated rings. The number of rotatable bonds is 16. The van der Waals surface area contributed by atoms with Crippen LogP contribution in [0.2, 0.25) is 0 Å². The number of carboxylic acids is 1. The molecule has 1 aromatic heterocycles. The van der Waals surface area contributed by atoms with Crippen molar-refractivity contribution in [3.63, 3.8) is 0 Å². The number of nitro benzene ring substituents is 1. The molecule has 6 rings (SSSR count). The molecule has 1 aliphatic heterocycles. The van der Waals surface area contributed by atoms with Crippen LogP contribution in [0.4, 0.5) is 5.69 Å². The van der Waals surface area contributed by atoms with Gasteiger partial charge in [-0.15, -0.1) is 10.2 Å². The van der Waals surface area contributed by atoms with Gasteiger partial charge in [0.25, 0.3) is 0 Å². The Morgan fingerprint density at radius 2 is 1.67 bits per heavy atom. The summed E-state index contributed by atoms with van der Waals surface area (Å²) in [6.07, 6.45) is -0.0922. The van der Waals surface area contributed by atoms with E-state index in [1.807, 2.05) is 50.2 Å². The number of piperidine rings is 1. The summed E-state index contributed by atoms with van der Waals surface area (Å²) in [6.45, 7) is 7.11. The summed E-state index contributed by atoms with van der Waals surface area (Å²) in [5.74, 6) is -0.247. The molecular weight excluding hydrogens is 732 g/mol. The molecule has 296 valence electrons. The number of nitro groups is 1. The first-order valence-corrected chi connectivity index (χ1v) is 18.5. The number of hydrogen-bond donors (Lipinski definition) is 4. The van der Waals surface area contributed by atoms with Crippen LogP contribution in [0.3, 0.4) is 0 Å². The van der Waals surface area contributed by atoms with Gasteiger partial charge in [-0.25, -0.2) is 0 Å². The first-order chi connectivity index (χ1) is 27.4. The highest BCUT2D eigenvalue weighted by atomic mass is 16.6. The Morgan fingerprint density at radius 3 is 2.37 bits per heavy atom. The van der Waals surface area contributed by atoms with Crippen molar-refractivity contribution >= 4 is 11.7 Å². The van der Waals surface area contributed by atoms with Gasteiger partial charge in [0.1, 0.15) is 25.0 Å². The van der Waals surface area contributed by atoms with Crippen LogP contribution in [-0.4, -0.2) is 72.6 Å². The number of aliphatic hydroxyl groups is 2. The summed E-state index contributed by atoms with van der Waals surface area (Å²) < 4.78 is 18.4. The number of hydrogen-bond acceptors (Lipinski definition) is 13. The zero-order valence-electron chi connectivity index (χ0n) is 31.8. The van der Waals surface area contributed by atoms with E-state index in [1.165, 1.54) is 19.1 Å². The molecule has 1 unspecified atom stereocenters. The van der Waals surface area contributed by atoms with Crippen molar-refractivity contribution in [3.05, 3.63) is 122 Å². The van der Waals surface area contributed by atoms with Crippen molar-refractivity contribution in [2.75, 3.05) is 13.1 Å². The molecule has 0 radical (unpaired) electrons. The van der Waals surface area contributed by atoms with E-state index in [0.29, 0.717) is 42.3 Å². The van der Waals surface area contributed by atoms with Gasteiger partial charge in [-0.1, -0.05) is 42.5 Å². The molecule has 4 N–H and O–H groups in total. The van der Waals surface area contributed by atoms with E-state index in [-0.39, 0.29) is 48.6 Å². The molecule has 2 heterocycles. The molecule has 1 aliphatic rings. The lowest BCUT2D eigenvalue weighted by atomic mass is 9.91.